The van der Waals surface area contributed by atoms with Gasteiger partial charge in [0.05, 0.1) is 47.6 Å². The third kappa shape index (κ3) is 8.79. The Balaban J connectivity index is 1.20. The molecule has 5 rings (SSSR count). The molecule has 0 aliphatic carbocycles. The van der Waals surface area contributed by atoms with E-state index < -0.39 is 0 Å². The molecule has 5 aromatic heterocycles. The van der Waals surface area contributed by atoms with Crippen LogP contribution in [-0.4, -0.2) is 83.0 Å². The van der Waals surface area contributed by atoms with Crippen molar-refractivity contribution in [1.82, 2.24) is 29.9 Å². The molecular formula is C32H32N14. The average molecular weight is 613 g/mol. The molecule has 5 aromatic rings. The predicted octanol–water partition coefficient (Wildman–Crippen LogP) is 3.94. The van der Waals surface area contributed by atoms with Crippen LogP contribution in [0.3, 0.4) is 0 Å². The summed E-state index contributed by atoms with van der Waals surface area (Å²) in [6.07, 6.45) is 11.6. The Morgan fingerprint density at radius 3 is 1.15 bits per heavy atom. The minimum Gasteiger partial charge on any atom is -0.251 e. The van der Waals surface area contributed by atoms with E-state index in [0.29, 0.717) is 34.4 Å². The van der Waals surface area contributed by atoms with Crippen molar-refractivity contribution in [3.05, 3.63) is 120 Å². The molecule has 0 aliphatic heterocycles. The van der Waals surface area contributed by atoms with Crippen LogP contribution in [0.25, 0.3) is 0 Å². The zero-order valence-electron chi connectivity index (χ0n) is 25.8. The first-order valence-corrected chi connectivity index (χ1v) is 14.1. The molecule has 14 heteroatoms. The van der Waals surface area contributed by atoms with Gasteiger partial charge in [0.15, 0.2) is 11.6 Å². The second kappa shape index (κ2) is 15.3. The van der Waals surface area contributed by atoms with Crippen molar-refractivity contribution >= 4 is 48.1 Å². The van der Waals surface area contributed by atoms with Crippen molar-refractivity contribution in [1.29, 1.82) is 0 Å². The van der Waals surface area contributed by atoms with E-state index in [-0.39, 0.29) is 0 Å². The van der Waals surface area contributed by atoms with Gasteiger partial charge in [-0.3, -0.25) is 20.0 Å². The fourth-order valence-corrected chi connectivity index (χ4v) is 3.83. The van der Waals surface area contributed by atoms with Gasteiger partial charge in [0.25, 0.3) is 0 Å². The van der Waals surface area contributed by atoms with Crippen molar-refractivity contribution in [2.75, 3.05) is 48.2 Å². The molecule has 0 saturated heterocycles. The summed E-state index contributed by atoms with van der Waals surface area (Å²) in [5, 5.41) is 24.5. The lowest BCUT2D eigenvalue weighted by molar-refractivity contribution is 0.931. The number of hydrogen-bond donors (Lipinski definition) is 0. The predicted molar refractivity (Wildman–Crippen MR) is 183 cm³/mol. The average Bonchev–Trinajstić information content (AvgIpc) is 3.12. The standard InChI is InChI=1S/C32H32N14/c1-43(29-15-5-7-17-33-29)37-20-25-11-9-13-27(41-25)22-39-45(3)31-19-32(36-24-35-31)46(4)40-23-28-14-10-12-26(42-28)21-38-44(2)30-16-6-8-18-34-30/h5-24H,1-4H3/b37-20+,38-21+,39-22+,40-23+. The first-order chi connectivity index (χ1) is 22.4. The summed E-state index contributed by atoms with van der Waals surface area (Å²) in [4.78, 5) is 26.4. The van der Waals surface area contributed by atoms with Crippen LogP contribution >= 0.6 is 0 Å². The van der Waals surface area contributed by atoms with Crippen LogP contribution in [0.1, 0.15) is 22.8 Å². The zero-order chi connectivity index (χ0) is 32.1. The van der Waals surface area contributed by atoms with Gasteiger partial charge >= 0.3 is 0 Å². The van der Waals surface area contributed by atoms with Gasteiger partial charge in [0.2, 0.25) is 0 Å². The second-order valence-electron chi connectivity index (χ2n) is 9.66. The molecule has 0 N–H and O–H groups in total. The van der Waals surface area contributed by atoms with E-state index >= 15 is 0 Å². The topological polar surface area (TPSA) is 140 Å². The molecule has 0 bridgehead atoms. The van der Waals surface area contributed by atoms with Gasteiger partial charge < -0.3 is 0 Å². The summed E-state index contributed by atoms with van der Waals surface area (Å²) in [5.41, 5.74) is 2.69. The summed E-state index contributed by atoms with van der Waals surface area (Å²) >= 11 is 0. The van der Waals surface area contributed by atoms with Gasteiger partial charge in [0, 0.05) is 46.7 Å². The lowest BCUT2D eigenvalue weighted by atomic mass is 10.3. The number of nitrogens with zero attached hydrogens (tertiary/aromatic N) is 14. The molecule has 0 aromatic carbocycles. The molecular weight excluding hydrogens is 580 g/mol. The molecule has 0 unspecified atom stereocenters. The van der Waals surface area contributed by atoms with Gasteiger partial charge in [-0.2, -0.15) is 20.4 Å². The van der Waals surface area contributed by atoms with Crippen molar-refractivity contribution < 1.29 is 0 Å². The first kappa shape index (κ1) is 31.0. The molecule has 0 saturated carbocycles. The summed E-state index contributed by atoms with van der Waals surface area (Å²) in [6, 6.07) is 24.3. The summed E-state index contributed by atoms with van der Waals surface area (Å²) in [6.45, 7) is 0. The van der Waals surface area contributed by atoms with Crippen LogP contribution in [0.15, 0.2) is 118 Å². The number of anilines is 4. The van der Waals surface area contributed by atoms with Crippen molar-refractivity contribution in [2.45, 2.75) is 0 Å². The molecule has 0 spiro atoms. The van der Waals surface area contributed by atoms with E-state index in [4.69, 9.17) is 0 Å². The molecule has 0 aliphatic rings. The van der Waals surface area contributed by atoms with E-state index in [1.165, 1.54) is 6.33 Å². The third-order valence-corrected chi connectivity index (χ3v) is 6.30. The fraction of sp³-hybridized carbons (Fsp3) is 0.125. The lowest BCUT2D eigenvalue weighted by Crippen LogP contribution is -2.15. The van der Waals surface area contributed by atoms with Gasteiger partial charge in [-0.15, -0.1) is 0 Å². The Labute approximate surface area is 266 Å². The monoisotopic (exact) mass is 612 g/mol. The normalized spacial score (nSPS) is 11.6. The molecule has 46 heavy (non-hydrogen) atoms. The maximum absolute atomic E-state index is 4.59. The summed E-state index contributed by atoms with van der Waals surface area (Å²) in [5.74, 6) is 2.62. The van der Waals surface area contributed by atoms with Crippen molar-refractivity contribution in [2.24, 2.45) is 20.4 Å². The van der Waals surface area contributed by atoms with Crippen molar-refractivity contribution in [3.63, 3.8) is 0 Å². The van der Waals surface area contributed by atoms with Gasteiger partial charge in [-0.1, -0.05) is 24.3 Å². The Kier molecular flexibility index (Phi) is 10.3. The highest BCUT2D eigenvalue weighted by atomic mass is 15.5. The van der Waals surface area contributed by atoms with Crippen molar-refractivity contribution in [3.8, 4) is 0 Å². The van der Waals surface area contributed by atoms with Crippen LogP contribution in [-0.2, 0) is 0 Å². The van der Waals surface area contributed by atoms with Crippen LogP contribution < -0.4 is 20.0 Å². The Hall–Kier alpha value is -6.44. The first-order valence-electron chi connectivity index (χ1n) is 14.1. The Morgan fingerprint density at radius 2 is 0.804 bits per heavy atom. The Morgan fingerprint density at radius 1 is 0.435 bits per heavy atom. The summed E-state index contributed by atoms with van der Waals surface area (Å²) < 4.78 is 0. The smallest absolute Gasteiger partial charge is 0.154 e. The van der Waals surface area contributed by atoms with Gasteiger partial charge in [0.1, 0.15) is 18.0 Å². The number of pyridine rings is 4. The van der Waals surface area contributed by atoms with E-state index in [0.717, 1.165) is 11.6 Å². The van der Waals surface area contributed by atoms with Gasteiger partial charge in [-0.05, 0) is 48.5 Å². The van der Waals surface area contributed by atoms with E-state index in [9.17, 15) is 0 Å². The third-order valence-electron chi connectivity index (χ3n) is 6.30. The SMILES string of the molecule is CN(/N=C/c1cccc(/C=N/N(C)c2cc(N(C)/N=C/c3cccc(/C=N/N(C)c4ccccn4)n3)ncn2)n1)c1ccccn1. The van der Waals surface area contributed by atoms with E-state index in [1.54, 1.807) is 77.4 Å². The largest absolute Gasteiger partial charge is 0.251 e. The highest BCUT2D eigenvalue weighted by molar-refractivity contribution is 5.83. The maximum atomic E-state index is 4.59. The van der Waals surface area contributed by atoms with Crippen LogP contribution in [0.4, 0.5) is 23.3 Å². The van der Waals surface area contributed by atoms with Crippen LogP contribution in [0, 0.1) is 0 Å². The van der Waals surface area contributed by atoms with Crippen LogP contribution in [0.5, 0.6) is 0 Å². The molecule has 0 fully saturated rings. The lowest BCUT2D eigenvalue weighted by Gasteiger charge is -2.15. The number of rotatable bonds is 12. The number of aromatic nitrogens is 6. The molecule has 5 heterocycles. The summed E-state index contributed by atoms with van der Waals surface area (Å²) in [7, 11) is 7.24. The van der Waals surface area contributed by atoms with Gasteiger partial charge in [-0.25, -0.2) is 29.9 Å². The molecule has 0 radical (unpaired) electrons. The molecule has 14 nitrogen and oxygen atoms in total. The minimum atomic E-state index is 0.575. The Bertz CT molecular complexity index is 1700. The van der Waals surface area contributed by atoms with Crippen LogP contribution in [0.2, 0.25) is 0 Å². The highest BCUT2D eigenvalue weighted by Crippen LogP contribution is 2.16. The van der Waals surface area contributed by atoms with E-state index in [1.807, 2.05) is 86.9 Å². The number of hydrazone groups is 4. The molecule has 230 valence electrons. The quantitative estimate of drug-likeness (QED) is 0.150. The maximum Gasteiger partial charge on any atom is 0.154 e. The van der Waals surface area contributed by atoms with E-state index in [2.05, 4.69) is 50.3 Å². The molecule has 0 atom stereocenters. The number of hydrogen-bond acceptors (Lipinski definition) is 14. The zero-order valence-corrected chi connectivity index (χ0v) is 25.8. The minimum absolute atomic E-state index is 0.575. The fourth-order valence-electron chi connectivity index (χ4n) is 3.83. The highest BCUT2D eigenvalue weighted by Gasteiger charge is 2.07. The molecule has 0 amide bonds. The second-order valence-corrected chi connectivity index (χ2v) is 9.66.